The summed E-state index contributed by atoms with van der Waals surface area (Å²) < 4.78 is 0. The Morgan fingerprint density at radius 1 is 1.25 bits per heavy atom. The van der Waals surface area contributed by atoms with Crippen molar-refractivity contribution < 1.29 is 0 Å². The Balaban J connectivity index is 2.17. The number of hydrogen-bond acceptors (Lipinski definition) is 1. The molecule has 0 spiro atoms. The van der Waals surface area contributed by atoms with Gasteiger partial charge in [0.2, 0.25) is 0 Å². The maximum atomic E-state index is 4.63. The summed E-state index contributed by atoms with van der Waals surface area (Å²) in [5.74, 6) is 1.56. The molecule has 0 bridgehead atoms. The van der Waals surface area contributed by atoms with Crippen LogP contribution in [0.5, 0.6) is 0 Å². The van der Waals surface area contributed by atoms with Crippen LogP contribution in [0.3, 0.4) is 0 Å². The fraction of sp³-hybridized carbons (Fsp3) is 0.214. The largest absolute Gasteiger partial charge is 0.338 e. The first-order chi connectivity index (χ1) is 7.83. The maximum Gasteiger partial charge on any atom is 0.138 e. The van der Waals surface area contributed by atoms with Gasteiger partial charge in [0.05, 0.1) is 10.7 Å². The fourth-order valence-electron chi connectivity index (χ4n) is 2.06. The van der Waals surface area contributed by atoms with Gasteiger partial charge in [0.1, 0.15) is 5.82 Å². The normalized spacial score (nSPS) is 18.4. The number of hydrogen-bond donors (Lipinski definition) is 1. The number of aromatic nitrogens is 2. The maximum absolute atomic E-state index is 4.63. The van der Waals surface area contributed by atoms with E-state index in [1.54, 1.807) is 0 Å². The zero-order valence-electron chi connectivity index (χ0n) is 9.27. The molecule has 0 saturated heterocycles. The zero-order chi connectivity index (χ0) is 11.0. The SMILES string of the molecule is CC1C=c2nc(-c3ccccc3)[nH]c2=CC1. The van der Waals surface area contributed by atoms with Gasteiger partial charge in [0, 0.05) is 5.56 Å². The lowest BCUT2D eigenvalue weighted by Crippen LogP contribution is -2.28. The van der Waals surface area contributed by atoms with Crippen LogP contribution in [0.2, 0.25) is 0 Å². The molecular formula is C14H14N2. The van der Waals surface area contributed by atoms with Crippen LogP contribution in [0.25, 0.3) is 23.5 Å². The summed E-state index contributed by atoms with van der Waals surface area (Å²) in [6.45, 7) is 2.22. The van der Waals surface area contributed by atoms with E-state index in [0.29, 0.717) is 5.92 Å². The number of H-pyrrole nitrogens is 1. The van der Waals surface area contributed by atoms with Crippen molar-refractivity contribution in [3.63, 3.8) is 0 Å². The minimum atomic E-state index is 0.597. The molecule has 1 unspecified atom stereocenters. The Morgan fingerprint density at radius 2 is 2.06 bits per heavy atom. The van der Waals surface area contributed by atoms with E-state index in [1.165, 1.54) is 0 Å². The first-order valence-electron chi connectivity index (χ1n) is 5.66. The Kier molecular flexibility index (Phi) is 2.13. The van der Waals surface area contributed by atoms with Crippen molar-refractivity contribution >= 4 is 12.2 Å². The highest BCUT2D eigenvalue weighted by Crippen LogP contribution is 2.12. The van der Waals surface area contributed by atoms with Gasteiger partial charge in [0.25, 0.3) is 0 Å². The van der Waals surface area contributed by atoms with E-state index in [4.69, 9.17) is 0 Å². The van der Waals surface area contributed by atoms with E-state index >= 15 is 0 Å². The van der Waals surface area contributed by atoms with Gasteiger partial charge in [-0.05, 0) is 12.3 Å². The summed E-state index contributed by atoms with van der Waals surface area (Å²) in [5.41, 5.74) is 1.14. The van der Waals surface area contributed by atoms with Gasteiger partial charge in [-0.3, -0.25) is 0 Å². The lowest BCUT2D eigenvalue weighted by atomic mass is 10.0. The van der Waals surface area contributed by atoms with Gasteiger partial charge >= 0.3 is 0 Å². The molecule has 1 aliphatic rings. The molecule has 2 heteroatoms. The highest BCUT2D eigenvalue weighted by atomic mass is 14.9. The average molecular weight is 210 g/mol. The minimum absolute atomic E-state index is 0.597. The molecular weight excluding hydrogens is 196 g/mol. The quantitative estimate of drug-likeness (QED) is 0.762. The first-order valence-corrected chi connectivity index (χ1v) is 5.66. The molecule has 1 N–H and O–H groups in total. The highest BCUT2D eigenvalue weighted by molar-refractivity contribution is 5.55. The molecule has 1 aromatic heterocycles. The van der Waals surface area contributed by atoms with Gasteiger partial charge in [-0.25, -0.2) is 4.98 Å². The predicted molar refractivity (Wildman–Crippen MR) is 66.0 cm³/mol. The Hall–Kier alpha value is -1.83. The van der Waals surface area contributed by atoms with Crippen LogP contribution in [0.4, 0.5) is 0 Å². The van der Waals surface area contributed by atoms with Gasteiger partial charge in [-0.15, -0.1) is 0 Å². The Bertz CT molecular complexity index is 608. The number of nitrogens with one attached hydrogen (secondary N) is 1. The van der Waals surface area contributed by atoms with E-state index in [2.05, 4.69) is 41.2 Å². The summed E-state index contributed by atoms with van der Waals surface area (Å²) in [4.78, 5) is 8.00. The molecule has 1 aliphatic carbocycles. The third kappa shape index (κ3) is 1.56. The second kappa shape index (κ2) is 3.63. The Morgan fingerprint density at radius 3 is 2.88 bits per heavy atom. The second-order valence-electron chi connectivity index (χ2n) is 4.33. The third-order valence-electron chi connectivity index (χ3n) is 2.94. The van der Waals surface area contributed by atoms with Crippen molar-refractivity contribution in [2.45, 2.75) is 13.3 Å². The minimum Gasteiger partial charge on any atom is -0.338 e. The molecule has 1 heterocycles. The molecule has 1 atom stereocenters. The number of aromatic amines is 1. The van der Waals surface area contributed by atoms with E-state index in [9.17, 15) is 0 Å². The smallest absolute Gasteiger partial charge is 0.138 e. The molecule has 0 saturated carbocycles. The standard InChI is InChI=1S/C14H14N2/c1-10-7-8-12-13(9-10)16-14(15-12)11-5-3-2-4-6-11/h2-6,8-10H,7H2,1H3,(H,15,16). The number of rotatable bonds is 1. The predicted octanol–water partition coefficient (Wildman–Crippen LogP) is 1.68. The summed E-state index contributed by atoms with van der Waals surface area (Å²) >= 11 is 0. The van der Waals surface area contributed by atoms with Crippen molar-refractivity contribution in [1.82, 2.24) is 9.97 Å². The molecule has 0 amide bonds. The molecule has 3 rings (SSSR count). The van der Waals surface area contributed by atoms with Gasteiger partial charge in [0.15, 0.2) is 0 Å². The molecule has 2 nitrogen and oxygen atoms in total. The van der Waals surface area contributed by atoms with E-state index in [1.807, 2.05) is 18.2 Å². The molecule has 2 aromatic rings. The van der Waals surface area contributed by atoms with E-state index in [-0.39, 0.29) is 0 Å². The van der Waals surface area contributed by atoms with Crippen LogP contribution in [-0.2, 0) is 0 Å². The molecule has 0 fully saturated rings. The number of nitrogens with zero attached hydrogens (tertiary/aromatic N) is 1. The van der Waals surface area contributed by atoms with Crippen LogP contribution in [-0.4, -0.2) is 9.97 Å². The van der Waals surface area contributed by atoms with Gasteiger partial charge in [-0.1, -0.05) is 49.4 Å². The van der Waals surface area contributed by atoms with Gasteiger partial charge in [-0.2, -0.15) is 0 Å². The third-order valence-corrected chi connectivity index (χ3v) is 2.94. The van der Waals surface area contributed by atoms with Crippen molar-refractivity contribution in [3.8, 4) is 11.4 Å². The summed E-state index contributed by atoms with van der Waals surface area (Å²) in [6.07, 6.45) is 5.57. The molecule has 16 heavy (non-hydrogen) atoms. The van der Waals surface area contributed by atoms with Crippen molar-refractivity contribution in [2.75, 3.05) is 0 Å². The van der Waals surface area contributed by atoms with Crippen LogP contribution >= 0.6 is 0 Å². The lowest BCUT2D eigenvalue weighted by molar-refractivity contribution is 0.795. The van der Waals surface area contributed by atoms with Crippen LogP contribution in [0.15, 0.2) is 30.3 Å². The lowest BCUT2D eigenvalue weighted by Gasteiger charge is -2.02. The highest BCUT2D eigenvalue weighted by Gasteiger charge is 2.06. The molecule has 80 valence electrons. The van der Waals surface area contributed by atoms with E-state index in [0.717, 1.165) is 28.5 Å². The fourth-order valence-corrected chi connectivity index (χ4v) is 2.06. The summed E-state index contributed by atoms with van der Waals surface area (Å²) in [7, 11) is 0. The first kappa shape index (κ1) is 9.40. The van der Waals surface area contributed by atoms with Crippen LogP contribution in [0.1, 0.15) is 13.3 Å². The van der Waals surface area contributed by atoms with Crippen molar-refractivity contribution in [3.05, 3.63) is 41.0 Å². The topological polar surface area (TPSA) is 28.7 Å². The second-order valence-corrected chi connectivity index (χ2v) is 4.33. The number of benzene rings is 1. The van der Waals surface area contributed by atoms with Crippen LogP contribution < -0.4 is 10.7 Å². The van der Waals surface area contributed by atoms with Crippen molar-refractivity contribution in [1.29, 1.82) is 0 Å². The van der Waals surface area contributed by atoms with E-state index < -0.39 is 0 Å². The monoisotopic (exact) mass is 210 g/mol. The molecule has 1 aromatic carbocycles. The number of fused-ring (bicyclic) bond motifs is 1. The van der Waals surface area contributed by atoms with Crippen LogP contribution in [0, 0.1) is 5.92 Å². The zero-order valence-corrected chi connectivity index (χ0v) is 9.27. The average Bonchev–Trinajstić information content (AvgIpc) is 2.73. The summed E-state index contributed by atoms with van der Waals surface area (Å²) in [6, 6.07) is 10.2. The van der Waals surface area contributed by atoms with Gasteiger partial charge < -0.3 is 4.98 Å². The van der Waals surface area contributed by atoms with Crippen molar-refractivity contribution in [2.24, 2.45) is 5.92 Å². The molecule has 0 aliphatic heterocycles. The Labute approximate surface area is 94.4 Å². The summed E-state index contributed by atoms with van der Waals surface area (Å²) in [5, 5.41) is 2.26. The molecule has 0 radical (unpaired) electrons. The number of imidazole rings is 1.